The average Bonchev–Trinajstić information content (AvgIpc) is 3.01. The largest absolute Gasteiger partial charge is 0.368 e. The van der Waals surface area contributed by atoms with E-state index in [2.05, 4.69) is 10.3 Å². The Hall–Kier alpha value is -1.78. The summed E-state index contributed by atoms with van der Waals surface area (Å²) in [4.78, 5) is 28.9. The van der Waals surface area contributed by atoms with Crippen molar-refractivity contribution in [2.24, 2.45) is 29.4 Å². The molecule has 0 saturated heterocycles. The molecular weight excluding hydrogens is 314 g/mol. The zero-order chi connectivity index (χ0) is 17.2. The Morgan fingerprint density at radius 2 is 1.68 bits per heavy atom. The Morgan fingerprint density at radius 1 is 1.04 bits per heavy atom. The summed E-state index contributed by atoms with van der Waals surface area (Å²) in [6, 6.07) is 1.98. The van der Waals surface area contributed by atoms with Gasteiger partial charge in [-0.05, 0) is 93.1 Å². The number of carbonyl (C=O) groups is 2. The van der Waals surface area contributed by atoms with E-state index in [1.54, 1.807) is 0 Å². The van der Waals surface area contributed by atoms with Crippen LogP contribution in [0.4, 0.5) is 0 Å². The standard InChI is InChI=1S/C20H27N3O2/c21-19(25)20(14-6-11-5-12(8-14)9-15(20)7-11)23-18(24)17-10-13-3-1-2-4-16(13)22-17/h10-12,14-15,22H,1-9H2,(H2,21,25)(H,23,24). The average molecular weight is 341 g/mol. The van der Waals surface area contributed by atoms with E-state index in [9.17, 15) is 9.59 Å². The highest BCUT2D eigenvalue weighted by atomic mass is 16.2. The maximum atomic E-state index is 13.0. The molecular formula is C20H27N3O2. The number of primary amides is 1. The molecule has 0 unspecified atom stereocenters. The minimum absolute atomic E-state index is 0.152. The molecule has 6 rings (SSSR count). The Labute approximate surface area is 148 Å². The van der Waals surface area contributed by atoms with Crippen molar-refractivity contribution in [3.05, 3.63) is 23.0 Å². The summed E-state index contributed by atoms with van der Waals surface area (Å²) >= 11 is 0. The van der Waals surface area contributed by atoms with Crippen LogP contribution < -0.4 is 11.1 Å². The van der Waals surface area contributed by atoms with Crippen LogP contribution in [-0.4, -0.2) is 22.3 Å². The molecule has 2 amide bonds. The van der Waals surface area contributed by atoms with Crippen LogP contribution in [0.15, 0.2) is 6.07 Å². The van der Waals surface area contributed by atoms with Gasteiger partial charge in [0.25, 0.3) is 5.91 Å². The zero-order valence-corrected chi connectivity index (χ0v) is 14.6. The van der Waals surface area contributed by atoms with E-state index in [1.165, 1.54) is 30.5 Å². The van der Waals surface area contributed by atoms with E-state index in [0.717, 1.165) is 50.4 Å². The van der Waals surface area contributed by atoms with Gasteiger partial charge in [0.1, 0.15) is 11.2 Å². The molecule has 1 aromatic rings. The summed E-state index contributed by atoms with van der Waals surface area (Å²) in [6.45, 7) is 0. The number of aromatic nitrogens is 1. The molecule has 5 aliphatic carbocycles. The molecule has 1 aromatic heterocycles. The molecule has 0 aromatic carbocycles. The number of nitrogens with one attached hydrogen (secondary N) is 2. The summed E-state index contributed by atoms with van der Waals surface area (Å²) in [7, 11) is 0. The molecule has 4 fully saturated rings. The van der Waals surface area contributed by atoms with Gasteiger partial charge in [0.05, 0.1) is 0 Å². The van der Waals surface area contributed by atoms with Crippen molar-refractivity contribution in [3.8, 4) is 0 Å². The maximum absolute atomic E-state index is 13.0. The normalized spacial score (nSPS) is 38.4. The Balaban J connectivity index is 1.45. The van der Waals surface area contributed by atoms with Crippen LogP contribution in [0.1, 0.15) is 66.7 Å². The molecule has 0 spiro atoms. The minimum atomic E-state index is -0.837. The lowest BCUT2D eigenvalue weighted by Crippen LogP contribution is -2.71. The lowest BCUT2D eigenvalue weighted by atomic mass is 9.48. The van der Waals surface area contributed by atoms with Crippen LogP contribution in [0.5, 0.6) is 0 Å². The van der Waals surface area contributed by atoms with Gasteiger partial charge >= 0.3 is 0 Å². The van der Waals surface area contributed by atoms with Gasteiger partial charge in [0, 0.05) is 5.69 Å². The number of hydrogen-bond acceptors (Lipinski definition) is 2. The highest BCUT2D eigenvalue weighted by molar-refractivity contribution is 5.98. The molecule has 0 aliphatic heterocycles. The number of amides is 2. The quantitative estimate of drug-likeness (QED) is 0.788. The van der Waals surface area contributed by atoms with Gasteiger partial charge in [-0.1, -0.05) is 0 Å². The molecule has 4 bridgehead atoms. The SMILES string of the molecule is NC(=O)C1(NC(=O)c2cc3c([nH]2)CCCC3)C2CC3CC(C2)CC1C3. The molecule has 5 heteroatoms. The number of hydrogen-bond donors (Lipinski definition) is 3. The number of fused-ring (bicyclic) bond motifs is 1. The van der Waals surface area contributed by atoms with Gasteiger partial charge < -0.3 is 16.0 Å². The smallest absolute Gasteiger partial charge is 0.268 e. The third kappa shape index (κ3) is 2.20. The summed E-state index contributed by atoms with van der Waals surface area (Å²) in [5.74, 6) is 1.41. The number of aromatic amines is 1. The van der Waals surface area contributed by atoms with Crippen LogP contribution in [0.2, 0.25) is 0 Å². The van der Waals surface area contributed by atoms with Gasteiger partial charge in [-0.2, -0.15) is 0 Å². The lowest BCUT2D eigenvalue weighted by molar-refractivity contribution is -0.142. The fraction of sp³-hybridized carbons (Fsp3) is 0.700. The van der Waals surface area contributed by atoms with Crippen molar-refractivity contribution in [2.45, 2.75) is 63.3 Å². The van der Waals surface area contributed by atoms with Crippen molar-refractivity contribution in [1.29, 1.82) is 0 Å². The van der Waals surface area contributed by atoms with Gasteiger partial charge in [-0.25, -0.2) is 0 Å². The van der Waals surface area contributed by atoms with Crippen LogP contribution in [0.25, 0.3) is 0 Å². The summed E-state index contributed by atoms with van der Waals surface area (Å²) in [6.07, 6.45) is 9.87. The van der Waals surface area contributed by atoms with E-state index < -0.39 is 5.54 Å². The fourth-order valence-electron chi connectivity index (χ4n) is 6.58. The third-order valence-corrected chi connectivity index (χ3v) is 7.51. The van der Waals surface area contributed by atoms with E-state index in [0.29, 0.717) is 5.69 Å². The van der Waals surface area contributed by atoms with E-state index in [4.69, 9.17) is 5.73 Å². The van der Waals surface area contributed by atoms with Gasteiger partial charge in [-0.3, -0.25) is 9.59 Å². The highest BCUT2D eigenvalue weighted by Gasteiger charge is 2.61. The van der Waals surface area contributed by atoms with Crippen molar-refractivity contribution in [2.75, 3.05) is 0 Å². The van der Waals surface area contributed by atoms with Gasteiger partial charge in [0.15, 0.2) is 0 Å². The monoisotopic (exact) mass is 341 g/mol. The number of H-pyrrole nitrogens is 1. The maximum Gasteiger partial charge on any atom is 0.268 e. The summed E-state index contributed by atoms with van der Waals surface area (Å²) < 4.78 is 0. The Morgan fingerprint density at radius 3 is 2.28 bits per heavy atom. The van der Waals surface area contributed by atoms with Crippen molar-refractivity contribution in [1.82, 2.24) is 10.3 Å². The zero-order valence-electron chi connectivity index (χ0n) is 14.6. The van der Waals surface area contributed by atoms with Crippen molar-refractivity contribution in [3.63, 3.8) is 0 Å². The van der Waals surface area contributed by atoms with E-state index in [1.807, 2.05) is 6.07 Å². The molecule has 0 atom stereocenters. The molecule has 5 nitrogen and oxygen atoms in total. The first-order chi connectivity index (χ1) is 12.1. The van der Waals surface area contributed by atoms with Crippen molar-refractivity contribution < 1.29 is 9.59 Å². The first-order valence-electron chi connectivity index (χ1n) is 9.89. The van der Waals surface area contributed by atoms with Gasteiger partial charge in [0.2, 0.25) is 5.91 Å². The number of aryl methyl sites for hydroxylation is 2. The first kappa shape index (κ1) is 15.5. The van der Waals surface area contributed by atoms with Crippen molar-refractivity contribution >= 4 is 11.8 Å². The van der Waals surface area contributed by atoms with Crippen LogP contribution >= 0.6 is 0 Å². The molecule has 5 aliphatic rings. The predicted molar refractivity (Wildman–Crippen MR) is 93.9 cm³/mol. The molecule has 4 saturated carbocycles. The number of rotatable bonds is 3. The molecule has 1 heterocycles. The van der Waals surface area contributed by atoms with E-state index >= 15 is 0 Å². The van der Waals surface area contributed by atoms with E-state index in [-0.39, 0.29) is 23.7 Å². The highest BCUT2D eigenvalue weighted by Crippen LogP contribution is 2.58. The first-order valence-corrected chi connectivity index (χ1v) is 9.89. The lowest BCUT2D eigenvalue weighted by Gasteiger charge is -2.59. The molecule has 25 heavy (non-hydrogen) atoms. The Bertz CT molecular complexity index is 684. The molecule has 0 radical (unpaired) electrons. The minimum Gasteiger partial charge on any atom is -0.368 e. The van der Waals surface area contributed by atoms with Crippen LogP contribution in [0.3, 0.4) is 0 Å². The molecule has 4 N–H and O–H groups in total. The second-order valence-electron chi connectivity index (χ2n) is 8.89. The van der Waals surface area contributed by atoms with Crippen LogP contribution in [0, 0.1) is 23.7 Å². The topological polar surface area (TPSA) is 88.0 Å². The fourth-order valence-corrected chi connectivity index (χ4v) is 6.58. The third-order valence-electron chi connectivity index (χ3n) is 7.51. The summed E-state index contributed by atoms with van der Waals surface area (Å²) in [5, 5.41) is 3.16. The van der Waals surface area contributed by atoms with Crippen LogP contribution in [-0.2, 0) is 17.6 Å². The summed E-state index contributed by atoms with van der Waals surface area (Å²) in [5.41, 5.74) is 8.12. The van der Waals surface area contributed by atoms with Gasteiger partial charge in [-0.15, -0.1) is 0 Å². The predicted octanol–water partition coefficient (Wildman–Crippen LogP) is 2.30. The number of nitrogens with two attached hydrogens (primary N) is 1. The second-order valence-corrected chi connectivity index (χ2v) is 8.89. The number of carbonyl (C=O) groups excluding carboxylic acids is 2. The molecule has 134 valence electrons. The second kappa shape index (κ2) is 5.36. The Kier molecular flexibility index (Phi) is 3.32.